The van der Waals surface area contributed by atoms with Crippen molar-refractivity contribution in [3.63, 3.8) is 0 Å². The van der Waals surface area contributed by atoms with E-state index in [1.54, 1.807) is 0 Å². The van der Waals surface area contributed by atoms with Gasteiger partial charge in [-0.1, -0.05) is 181 Å². The second kappa shape index (κ2) is 19.0. The molecular weight excluding hydrogens is 957 g/mol. The largest absolute Gasteiger partial charge is 0.310 e. The third-order valence-electron chi connectivity index (χ3n) is 14.9. The Labute approximate surface area is 451 Å². The Morgan fingerprint density at radius 3 is 0.974 bits per heavy atom. The summed E-state index contributed by atoms with van der Waals surface area (Å²) in [5.74, 6) is 0. The van der Waals surface area contributed by atoms with Gasteiger partial charge < -0.3 is 9.80 Å². The maximum absolute atomic E-state index is 2.48. The minimum absolute atomic E-state index is 1.12. The standard InChI is InChI=1S/C72H50N2S2/c1-47-21-19-25-51(41-47)67-63-45-57(73(53-27-7-3-8-28-53)54-29-9-4-10-30-54)37-39-65(63)75-71(67)69-59-35-17-18-36-60(59)70(62-44-50-24-16-15-23-49(50)43-61(62)69)72-68(52-26-20-22-48(2)42-52)64-46-58(38-40-66(64)76-72)74(55-31-11-5-12-32-55)56-33-13-6-14-34-56/h3-46H,1-2H3. The number of thiophene rings is 2. The molecule has 0 bridgehead atoms. The maximum Gasteiger partial charge on any atom is 0.0468 e. The van der Waals surface area contributed by atoms with Crippen molar-refractivity contribution in [1.82, 2.24) is 0 Å². The monoisotopic (exact) mass is 1010 g/mol. The molecule has 2 nitrogen and oxygen atoms in total. The predicted octanol–water partition coefficient (Wildman–Crippen LogP) is 21.8. The zero-order valence-electron chi connectivity index (χ0n) is 42.1. The Kier molecular flexibility index (Phi) is 11.4. The molecule has 76 heavy (non-hydrogen) atoms. The van der Waals surface area contributed by atoms with Crippen molar-refractivity contribution < 1.29 is 0 Å². The first-order chi connectivity index (χ1) is 37.5. The lowest BCUT2D eigenvalue weighted by molar-refractivity contribution is 1.29. The Balaban J connectivity index is 1.07. The van der Waals surface area contributed by atoms with Gasteiger partial charge in [0.2, 0.25) is 0 Å². The van der Waals surface area contributed by atoms with E-state index in [2.05, 4.69) is 291 Å². The fraction of sp³-hybridized carbons (Fsp3) is 0.0278. The number of nitrogens with zero attached hydrogens (tertiary/aromatic N) is 2. The first-order valence-corrected chi connectivity index (χ1v) is 27.6. The van der Waals surface area contributed by atoms with Crippen LogP contribution in [0.5, 0.6) is 0 Å². The van der Waals surface area contributed by atoms with Crippen LogP contribution in [0.2, 0.25) is 0 Å². The van der Waals surface area contributed by atoms with Gasteiger partial charge in [0.15, 0.2) is 0 Å². The molecule has 0 aliphatic heterocycles. The molecule has 0 fully saturated rings. The van der Waals surface area contributed by atoms with Crippen LogP contribution >= 0.6 is 22.7 Å². The Morgan fingerprint density at radius 2 is 0.605 bits per heavy atom. The number of hydrogen-bond donors (Lipinski definition) is 0. The average molecular weight is 1010 g/mol. The SMILES string of the molecule is Cc1cccc(-c2c(-c3c4ccccc4c(-c4sc5ccc(N(c6ccccc6)c6ccccc6)cc5c4-c4cccc(C)c4)c4cc5ccccc5cc34)sc3ccc(N(c4ccccc4)c4ccccc4)cc23)c1. The lowest BCUT2D eigenvalue weighted by Gasteiger charge is -2.25. The third-order valence-corrected chi connectivity index (χ3v) is 17.3. The first-order valence-electron chi connectivity index (χ1n) is 26.0. The molecule has 2 aromatic heterocycles. The number of rotatable bonds is 10. The molecule has 14 rings (SSSR count). The van der Waals surface area contributed by atoms with E-state index in [0.717, 1.165) is 34.1 Å². The summed E-state index contributed by atoms with van der Waals surface area (Å²) >= 11 is 3.82. The van der Waals surface area contributed by atoms with Gasteiger partial charge in [-0.2, -0.15) is 0 Å². The highest BCUT2D eigenvalue weighted by Gasteiger charge is 2.27. The van der Waals surface area contributed by atoms with E-state index in [0.29, 0.717) is 0 Å². The molecule has 0 spiro atoms. The third kappa shape index (κ3) is 7.93. The molecule has 4 heteroatoms. The topological polar surface area (TPSA) is 6.48 Å². The van der Waals surface area contributed by atoms with Gasteiger partial charge in [-0.25, -0.2) is 0 Å². The van der Waals surface area contributed by atoms with Crippen molar-refractivity contribution in [2.75, 3.05) is 9.80 Å². The van der Waals surface area contributed by atoms with Crippen LogP contribution in [-0.4, -0.2) is 0 Å². The minimum Gasteiger partial charge on any atom is -0.310 e. The highest BCUT2D eigenvalue weighted by Crippen LogP contribution is 2.56. The van der Waals surface area contributed by atoms with Crippen LogP contribution in [0, 0.1) is 13.8 Å². The average Bonchev–Trinajstić information content (AvgIpc) is 4.04. The lowest BCUT2D eigenvalue weighted by atomic mass is 9.85. The van der Waals surface area contributed by atoms with Gasteiger partial charge in [0, 0.05) is 86.3 Å². The Morgan fingerprint density at radius 1 is 0.250 bits per heavy atom. The molecular formula is C72H50N2S2. The lowest BCUT2D eigenvalue weighted by Crippen LogP contribution is -2.09. The van der Waals surface area contributed by atoms with Crippen molar-refractivity contribution in [3.8, 4) is 43.1 Å². The molecule has 0 atom stereocenters. The van der Waals surface area contributed by atoms with E-state index in [1.807, 2.05) is 22.7 Å². The molecule has 0 amide bonds. The molecule has 0 unspecified atom stereocenters. The molecule has 360 valence electrons. The van der Waals surface area contributed by atoms with Crippen LogP contribution in [0.15, 0.2) is 267 Å². The van der Waals surface area contributed by atoms with Crippen molar-refractivity contribution in [2.24, 2.45) is 0 Å². The second-order valence-electron chi connectivity index (χ2n) is 19.8. The van der Waals surface area contributed by atoms with E-state index in [1.165, 1.54) is 107 Å². The fourth-order valence-corrected chi connectivity index (χ4v) is 14.1. The molecule has 0 saturated carbocycles. The van der Waals surface area contributed by atoms with E-state index >= 15 is 0 Å². The quantitative estimate of drug-likeness (QED) is 0.126. The van der Waals surface area contributed by atoms with Crippen LogP contribution in [0.1, 0.15) is 11.1 Å². The van der Waals surface area contributed by atoms with Crippen LogP contribution in [0.4, 0.5) is 34.1 Å². The predicted molar refractivity (Wildman–Crippen MR) is 330 cm³/mol. The van der Waals surface area contributed by atoms with E-state index in [9.17, 15) is 0 Å². The van der Waals surface area contributed by atoms with Gasteiger partial charge in [0.25, 0.3) is 0 Å². The zero-order valence-corrected chi connectivity index (χ0v) is 43.7. The summed E-state index contributed by atoms with van der Waals surface area (Å²) in [6.07, 6.45) is 0. The summed E-state index contributed by atoms with van der Waals surface area (Å²) < 4.78 is 2.50. The van der Waals surface area contributed by atoms with Gasteiger partial charge in [0.1, 0.15) is 0 Å². The Hall–Kier alpha value is -9.06. The molecule has 0 N–H and O–H groups in total. The number of fused-ring (bicyclic) bond motifs is 5. The fourth-order valence-electron chi connectivity index (χ4n) is 11.5. The van der Waals surface area contributed by atoms with Crippen molar-refractivity contribution in [2.45, 2.75) is 13.8 Å². The minimum atomic E-state index is 1.12. The molecule has 2 heterocycles. The van der Waals surface area contributed by atoms with Crippen LogP contribution in [0.3, 0.4) is 0 Å². The molecule has 14 aromatic rings. The smallest absolute Gasteiger partial charge is 0.0468 e. The van der Waals surface area contributed by atoms with Gasteiger partial charge in [-0.3, -0.25) is 0 Å². The van der Waals surface area contributed by atoms with Gasteiger partial charge in [0.05, 0.1) is 0 Å². The van der Waals surface area contributed by atoms with E-state index in [4.69, 9.17) is 0 Å². The van der Waals surface area contributed by atoms with Crippen molar-refractivity contribution >= 4 is 109 Å². The Bertz CT molecular complexity index is 4120. The maximum atomic E-state index is 2.48. The summed E-state index contributed by atoms with van der Waals surface area (Å²) in [4.78, 5) is 7.30. The number of hydrogen-bond acceptors (Lipinski definition) is 4. The zero-order chi connectivity index (χ0) is 50.7. The van der Waals surface area contributed by atoms with Crippen molar-refractivity contribution in [3.05, 3.63) is 278 Å². The van der Waals surface area contributed by atoms with E-state index < -0.39 is 0 Å². The summed E-state index contributed by atoms with van der Waals surface area (Å²) in [5.41, 5.74) is 16.7. The van der Waals surface area contributed by atoms with E-state index in [-0.39, 0.29) is 0 Å². The number of para-hydroxylation sites is 4. The number of benzene rings is 12. The molecule has 12 aromatic carbocycles. The summed E-state index contributed by atoms with van der Waals surface area (Å²) in [6.45, 7) is 4.42. The van der Waals surface area contributed by atoms with Crippen LogP contribution in [-0.2, 0) is 0 Å². The summed E-state index contributed by atoms with van der Waals surface area (Å²) in [7, 11) is 0. The number of anilines is 6. The van der Waals surface area contributed by atoms with Gasteiger partial charge >= 0.3 is 0 Å². The summed E-state index contributed by atoms with van der Waals surface area (Å²) in [6, 6.07) is 98.4. The van der Waals surface area contributed by atoms with Gasteiger partial charge in [-0.15, -0.1) is 22.7 Å². The molecule has 0 saturated heterocycles. The normalized spacial score (nSPS) is 11.6. The van der Waals surface area contributed by atoms with Crippen LogP contribution < -0.4 is 9.80 Å². The highest BCUT2D eigenvalue weighted by atomic mass is 32.1. The molecule has 0 aliphatic carbocycles. The van der Waals surface area contributed by atoms with Crippen LogP contribution in [0.25, 0.3) is 95.6 Å². The van der Waals surface area contributed by atoms with Crippen molar-refractivity contribution in [1.29, 1.82) is 0 Å². The molecule has 0 aliphatic rings. The summed E-state index contributed by atoms with van der Waals surface area (Å²) in [5, 5.41) is 9.90. The van der Waals surface area contributed by atoms with Gasteiger partial charge in [-0.05, 0) is 154 Å². The first kappa shape index (κ1) is 45.5. The molecule has 0 radical (unpaired) electrons. The number of aryl methyl sites for hydroxylation is 2. The second-order valence-corrected chi connectivity index (χ2v) is 21.9. The highest BCUT2D eigenvalue weighted by molar-refractivity contribution is 7.23.